The van der Waals surface area contributed by atoms with E-state index in [1.807, 2.05) is 6.92 Å². The van der Waals surface area contributed by atoms with Crippen molar-refractivity contribution in [3.05, 3.63) is 0 Å². The number of aliphatic hydroxyl groups is 6. The molecule has 0 aromatic rings. The molecule has 9 heteroatoms. The molecule has 9 nitrogen and oxygen atoms in total. The molecule has 2 bridgehead atoms. The highest BCUT2D eigenvalue weighted by atomic mass is 16.7. The summed E-state index contributed by atoms with van der Waals surface area (Å²) in [5.74, 6) is -0.569. The van der Waals surface area contributed by atoms with E-state index in [2.05, 4.69) is 0 Å². The van der Waals surface area contributed by atoms with Crippen molar-refractivity contribution < 1.29 is 44.8 Å². The molecule has 4 fully saturated rings. The Morgan fingerprint density at radius 1 is 1.03 bits per heavy atom. The zero-order valence-electron chi connectivity index (χ0n) is 17.8. The number of hydrogen-bond acceptors (Lipinski definition) is 9. The fourth-order valence-electron chi connectivity index (χ4n) is 6.48. The Bertz CT molecular complexity index is 636. The highest BCUT2D eigenvalue weighted by Crippen LogP contribution is 2.63. The van der Waals surface area contributed by atoms with Gasteiger partial charge in [0.25, 0.3) is 0 Å². The lowest BCUT2D eigenvalue weighted by Crippen LogP contribution is -2.65. The summed E-state index contributed by atoms with van der Waals surface area (Å²) >= 11 is 0. The van der Waals surface area contributed by atoms with E-state index in [1.54, 1.807) is 13.8 Å². The molecular weight excluding hydrogens is 396 g/mol. The molecule has 0 amide bonds. The minimum atomic E-state index is -1.54. The highest BCUT2D eigenvalue weighted by molar-refractivity contribution is 5.16. The van der Waals surface area contributed by atoms with Gasteiger partial charge in [0.1, 0.15) is 24.4 Å². The van der Waals surface area contributed by atoms with Crippen LogP contribution in [-0.4, -0.2) is 98.0 Å². The first-order chi connectivity index (χ1) is 13.9. The van der Waals surface area contributed by atoms with E-state index in [9.17, 15) is 30.6 Å². The molecule has 11 atom stereocenters. The normalized spacial score (nSPS) is 54.1. The molecule has 4 aliphatic rings. The maximum atomic E-state index is 10.9. The molecule has 2 aliphatic heterocycles. The summed E-state index contributed by atoms with van der Waals surface area (Å²) in [5.41, 5.74) is -2.16. The summed E-state index contributed by atoms with van der Waals surface area (Å²) in [6, 6.07) is 0. The van der Waals surface area contributed by atoms with Crippen molar-refractivity contribution in [1.29, 1.82) is 0 Å². The van der Waals surface area contributed by atoms with Gasteiger partial charge in [-0.2, -0.15) is 0 Å². The standard InChI is InChI=1S/C21H36O9/c1-19(2,27)10-4-7-21-9-28-20(3,6-5-12(21)23)17(21)16(10)30-18-15(26)14(25)13(24)11(8-22)29-18/h10-18,22-27H,4-9H2,1-3H3/t10-,11-,12+,13-,14+,15-,16-,17-,18+,20-,21+/m1/s1. The summed E-state index contributed by atoms with van der Waals surface area (Å²) in [5, 5.41) is 62.1. The van der Waals surface area contributed by atoms with Crippen LogP contribution in [0.2, 0.25) is 0 Å². The van der Waals surface area contributed by atoms with Crippen molar-refractivity contribution in [3.8, 4) is 0 Å². The van der Waals surface area contributed by atoms with Crippen molar-refractivity contribution in [1.82, 2.24) is 0 Å². The van der Waals surface area contributed by atoms with Gasteiger partial charge in [0, 0.05) is 17.3 Å². The second-order valence-electron chi connectivity index (χ2n) is 10.5. The lowest BCUT2D eigenvalue weighted by molar-refractivity contribution is -0.335. The molecular formula is C21H36O9. The van der Waals surface area contributed by atoms with Crippen LogP contribution in [0.4, 0.5) is 0 Å². The third kappa shape index (κ3) is 3.34. The Balaban J connectivity index is 1.69. The summed E-state index contributed by atoms with van der Waals surface area (Å²) in [4.78, 5) is 0. The SMILES string of the molecule is CC(C)(O)[C@@H]1CC[C@]23CO[C@](C)(CC[C@@H]2O)[C@H]3[C@@H]1O[C@@H]1O[C@H](CO)[C@@H](O)[C@H](O)[C@H]1O. The van der Waals surface area contributed by atoms with Crippen molar-refractivity contribution >= 4 is 0 Å². The lowest BCUT2D eigenvalue weighted by atomic mass is 9.51. The van der Waals surface area contributed by atoms with Crippen LogP contribution in [0.3, 0.4) is 0 Å². The van der Waals surface area contributed by atoms with Crippen LogP contribution in [0.25, 0.3) is 0 Å². The molecule has 30 heavy (non-hydrogen) atoms. The molecule has 0 spiro atoms. The quantitative estimate of drug-likeness (QED) is 0.325. The first-order valence-electron chi connectivity index (χ1n) is 10.9. The fourth-order valence-corrected chi connectivity index (χ4v) is 6.48. The van der Waals surface area contributed by atoms with Gasteiger partial charge < -0.3 is 44.8 Å². The Kier molecular flexibility index (Phi) is 5.78. The first-order valence-corrected chi connectivity index (χ1v) is 10.9. The zero-order valence-corrected chi connectivity index (χ0v) is 17.8. The number of rotatable bonds is 4. The largest absolute Gasteiger partial charge is 0.394 e. The maximum absolute atomic E-state index is 10.9. The minimum absolute atomic E-state index is 0.244. The highest BCUT2D eigenvalue weighted by Gasteiger charge is 2.68. The van der Waals surface area contributed by atoms with Crippen LogP contribution < -0.4 is 0 Å². The average molecular weight is 433 g/mol. The summed E-state index contributed by atoms with van der Waals surface area (Å²) in [6.07, 6.45) is -5.52. The predicted molar refractivity (Wildman–Crippen MR) is 103 cm³/mol. The maximum Gasteiger partial charge on any atom is 0.186 e. The van der Waals surface area contributed by atoms with E-state index < -0.39 is 66.1 Å². The van der Waals surface area contributed by atoms with Crippen molar-refractivity contribution in [2.45, 2.75) is 101 Å². The van der Waals surface area contributed by atoms with Crippen LogP contribution in [0, 0.1) is 17.3 Å². The Morgan fingerprint density at radius 2 is 1.73 bits per heavy atom. The third-order valence-electron chi connectivity index (χ3n) is 8.22. The smallest absolute Gasteiger partial charge is 0.186 e. The van der Waals surface area contributed by atoms with Gasteiger partial charge in [-0.1, -0.05) is 0 Å². The van der Waals surface area contributed by atoms with Gasteiger partial charge in [-0.25, -0.2) is 0 Å². The van der Waals surface area contributed by atoms with E-state index >= 15 is 0 Å². The van der Waals surface area contributed by atoms with E-state index in [-0.39, 0.29) is 11.8 Å². The second kappa shape index (κ2) is 7.60. The molecule has 2 saturated heterocycles. The average Bonchev–Trinajstić information content (AvgIpc) is 2.94. The summed E-state index contributed by atoms with van der Waals surface area (Å²) < 4.78 is 18.1. The predicted octanol–water partition coefficient (Wildman–Crippen LogP) is -1.10. The van der Waals surface area contributed by atoms with Crippen LogP contribution in [-0.2, 0) is 14.2 Å². The second-order valence-corrected chi connectivity index (χ2v) is 10.5. The molecule has 0 aromatic carbocycles. The fraction of sp³-hybridized carbons (Fsp3) is 1.00. The van der Waals surface area contributed by atoms with Crippen molar-refractivity contribution in [2.24, 2.45) is 17.3 Å². The van der Waals surface area contributed by atoms with E-state index in [1.165, 1.54) is 0 Å². The van der Waals surface area contributed by atoms with Gasteiger partial charge in [0.05, 0.1) is 36.6 Å². The molecule has 2 aliphatic carbocycles. The van der Waals surface area contributed by atoms with E-state index in [0.29, 0.717) is 32.3 Å². The van der Waals surface area contributed by atoms with Crippen molar-refractivity contribution in [2.75, 3.05) is 13.2 Å². The first kappa shape index (κ1) is 22.8. The topological polar surface area (TPSA) is 149 Å². The molecule has 174 valence electrons. The zero-order chi connectivity index (χ0) is 22.1. The Hall–Kier alpha value is -0.360. The Labute approximate surface area is 176 Å². The minimum Gasteiger partial charge on any atom is -0.394 e. The van der Waals surface area contributed by atoms with Crippen LogP contribution in [0.1, 0.15) is 46.5 Å². The molecule has 2 saturated carbocycles. The van der Waals surface area contributed by atoms with Crippen LogP contribution in [0.15, 0.2) is 0 Å². The van der Waals surface area contributed by atoms with Gasteiger partial charge in [-0.05, 0) is 46.5 Å². The molecule has 0 aromatic heterocycles. The molecule has 2 heterocycles. The van der Waals surface area contributed by atoms with Crippen LogP contribution in [0.5, 0.6) is 0 Å². The van der Waals surface area contributed by atoms with Gasteiger partial charge in [0.2, 0.25) is 0 Å². The monoisotopic (exact) mass is 432 g/mol. The summed E-state index contributed by atoms with van der Waals surface area (Å²) in [7, 11) is 0. The van der Waals surface area contributed by atoms with Gasteiger partial charge in [0.15, 0.2) is 6.29 Å². The van der Waals surface area contributed by atoms with Crippen molar-refractivity contribution in [3.63, 3.8) is 0 Å². The third-order valence-corrected chi connectivity index (χ3v) is 8.22. The summed E-state index contributed by atoms with van der Waals surface area (Å²) in [6.45, 7) is 5.29. The lowest BCUT2D eigenvalue weighted by Gasteiger charge is -2.57. The Morgan fingerprint density at radius 3 is 2.37 bits per heavy atom. The molecule has 6 N–H and O–H groups in total. The van der Waals surface area contributed by atoms with Gasteiger partial charge >= 0.3 is 0 Å². The van der Waals surface area contributed by atoms with Gasteiger partial charge in [-0.15, -0.1) is 0 Å². The molecule has 0 radical (unpaired) electrons. The van der Waals surface area contributed by atoms with Crippen LogP contribution >= 0.6 is 0 Å². The van der Waals surface area contributed by atoms with E-state index in [0.717, 1.165) is 0 Å². The number of ether oxygens (including phenoxy) is 3. The van der Waals surface area contributed by atoms with E-state index in [4.69, 9.17) is 14.2 Å². The van der Waals surface area contributed by atoms with Gasteiger partial charge in [-0.3, -0.25) is 0 Å². The molecule has 0 unspecified atom stereocenters. The number of aliphatic hydroxyl groups excluding tert-OH is 5. The molecule has 4 rings (SSSR count). The number of hydrogen-bond donors (Lipinski definition) is 6.